The Morgan fingerprint density at radius 3 is 2.25 bits per heavy atom. The molecule has 7 nitrogen and oxygen atoms in total. The molecule has 1 fully saturated rings. The first-order chi connectivity index (χ1) is 15.3. The number of carbonyl (C=O) groups is 1. The Hall–Kier alpha value is -2.45. The van der Waals surface area contributed by atoms with Crippen molar-refractivity contribution in [3.63, 3.8) is 0 Å². The zero-order valence-corrected chi connectivity index (χ0v) is 20.9. The van der Waals surface area contributed by atoms with E-state index in [0.717, 1.165) is 60.0 Å². The lowest BCUT2D eigenvalue weighted by Gasteiger charge is -2.35. The first-order valence-corrected chi connectivity index (χ1v) is 11.9. The molecule has 170 valence electrons. The van der Waals surface area contributed by atoms with Crippen molar-refractivity contribution in [2.24, 2.45) is 0 Å². The summed E-state index contributed by atoms with van der Waals surface area (Å²) in [5.74, 6) is 0.206. The number of hydrogen-bond donors (Lipinski definition) is 0. The second kappa shape index (κ2) is 9.58. The van der Waals surface area contributed by atoms with Crippen LogP contribution in [0.25, 0.3) is 5.69 Å². The van der Waals surface area contributed by atoms with Crippen LogP contribution in [0.15, 0.2) is 34.8 Å². The van der Waals surface area contributed by atoms with Crippen LogP contribution in [0, 0.1) is 27.7 Å². The van der Waals surface area contributed by atoms with Crippen molar-refractivity contribution in [3.8, 4) is 5.69 Å². The molecule has 0 N–H and O–H groups in total. The van der Waals surface area contributed by atoms with Crippen molar-refractivity contribution in [2.45, 2.75) is 47.2 Å². The van der Waals surface area contributed by atoms with E-state index >= 15 is 0 Å². The predicted molar refractivity (Wildman–Crippen MR) is 129 cm³/mol. The molecule has 0 atom stereocenters. The molecule has 0 saturated carbocycles. The number of aromatic nitrogens is 4. The molecule has 0 spiro atoms. The summed E-state index contributed by atoms with van der Waals surface area (Å²) in [7, 11) is 0. The normalized spacial score (nSPS) is 14.8. The van der Waals surface area contributed by atoms with E-state index < -0.39 is 0 Å². The van der Waals surface area contributed by atoms with Gasteiger partial charge in [0.05, 0.1) is 28.1 Å². The minimum atomic E-state index is 0.206. The van der Waals surface area contributed by atoms with Crippen LogP contribution >= 0.6 is 15.9 Å². The van der Waals surface area contributed by atoms with E-state index in [9.17, 15) is 4.79 Å². The lowest BCUT2D eigenvalue weighted by molar-refractivity contribution is -0.133. The second-order valence-electron chi connectivity index (χ2n) is 8.51. The molecule has 1 amide bonds. The molecule has 0 unspecified atom stereocenters. The van der Waals surface area contributed by atoms with Crippen LogP contribution in [0.3, 0.4) is 0 Å². The molecule has 3 aromatic rings. The maximum absolute atomic E-state index is 12.7. The Morgan fingerprint density at radius 2 is 1.62 bits per heavy atom. The number of nitrogens with zero attached hydrogens (tertiary/aromatic N) is 6. The molecule has 4 rings (SSSR count). The summed E-state index contributed by atoms with van der Waals surface area (Å²) in [6.45, 7) is 13.0. The summed E-state index contributed by atoms with van der Waals surface area (Å²) >= 11 is 3.55. The zero-order chi connectivity index (χ0) is 22.8. The summed E-state index contributed by atoms with van der Waals surface area (Å²) in [6, 6.07) is 10.3. The van der Waals surface area contributed by atoms with Gasteiger partial charge in [0.2, 0.25) is 5.91 Å². The van der Waals surface area contributed by atoms with Gasteiger partial charge < -0.3 is 4.90 Å². The number of benzene rings is 1. The van der Waals surface area contributed by atoms with E-state index in [1.165, 1.54) is 11.3 Å². The lowest BCUT2D eigenvalue weighted by Crippen LogP contribution is -2.48. The van der Waals surface area contributed by atoms with Gasteiger partial charge in [-0.2, -0.15) is 10.2 Å². The van der Waals surface area contributed by atoms with Crippen molar-refractivity contribution in [2.75, 3.05) is 26.2 Å². The zero-order valence-electron chi connectivity index (χ0n) is 19.3. The van der Waals surface area contributed by atoms with Crippen molar-refractivity contribution in [3.05, 3.63) is 63.1 Å². The molecule has 0 radical (unpaired) electrons. The molecular weight excluding hydrogens is 468 g/mol. The molecule has 1 saturated heterocycles. The van der Waals surface area contributed by atoms with Gasteiger partial charge in [0.1, 0.15) is 0 Å². The molecule has 8 heteroatoms. The Kier molecular flexibility index (Phi) is 6.81. The van der Waals surface area contributed by atoms with Crippen LogP contribution in [0.1, 0.15) is 34.8 Å². The fourth-order valence-corrected chi connectivity index (χ4v) is 4.64. The minimum Gasteiger partial charge on any atom is -0.340 e. The van der Waals surface area contributed by atoms with E-state index in [2.05, 4.69) is 51.9 Å². The van der Waals surface area contributed by atoms with Crippen molar-refractivity contribution >= 4 is 21.8 Å². The van der Waals surface area contributed by atoms with E-state index in [4.69, 9.17) is 5.10 Å². The first kappa shape index (κ1) is 22.7. The van der Waals surface area contributed by atoms with Gasteiger partial charge in [0.15, 0.2) is 0 Å². The number of carbonyl (C=O) groups excluding carboxylic acids is 1. The molecule has 1 aromatic carbocycles. The van der Waals surface area contributed by atoms with Gasteiger partial charge in [-0.05, 0) is 55.8 Å². The molecule has 1 aliphatic heterocycles. The van der Waals surface area contributed by atoms with Crippen LogP contribution in [-0.4, -0.2) is 61.4 Å². The fraction of sp³-hybridized carbons (Fsp3) is 0.458. The van der Waals surface area contributed by atoms with Gasteiger partial charge in [-0.3, -0.25) is 14.4 Å². The van der Waals surface area contributed by atoms with Crippen LogP contribution in [0.5, 0.6) is 0 Å². The largest absolute Gasteiger partial charge is 0.340 e. The topological polar surface area (TPSA) is 59.2 Å². The Balaban J connectivity index is 1.32. The highest BCUT2D eigenvalue weighted by molar-refractivity contribution is 9.10. The van der Waals surface area contributed by atoms with Gasteiger partial charge in [0, 0.05) is 56.1 Å². The van der Waals surface area contributed by atoms with Crippen LogP contribution in [0.4, 0.5) is 0 Å². The fourth-order valence-electron chi connectivity index (χ4n) is 4.36. The van der Waals surface area contributed by atoms with Crippen molar-refractivity contribution in [1.82, 2.24) is 29.4 Å². The highest BCUT2D eigenvalue weighted by Gasteiger charge is 2.23. The lowest BCUT2D eigenvalue weighted by atomic mass is 10.1. The van der Waals surface area contributed by atoms with E-state index in [1.54, 1.807) is 0 Å². The summed E-state index contributed by atoms with van der Waals surface area (Å²) < 4.78 is 4.98. The number of aryl methyl sites for hydroxylation is 3. The van der Waals surface area contributed by atoms with Gasteiger partial charge in [-0.15, -0.1) is 0 Å². The van der Waals surface area contributed by atoms with Crippen LogP contribution in [-0.2, 0) is 17.9 Å². The van der Waals surface area contributed by atoms with Gasteiger partial charge >= 0.3 is 0 Å². The van der Waals surface area contributed by atoms with Crippen LogP contribution < -0.4 is 0 Å². The first-order valence-electron chi connectivity index (χ1n) is 11.1. The number of hydrogen-bond acceptors (Lipinski definition) is 4. The van der Waals surface area contributed by atoms with Crippen molar-refractivity contribution in [1.29, 1.82) is 0 Å². The molecule has 0 bridgehead atoms. The molecule has 32 heavy (non-hydrogen) atoms. The molecule has 1 aliphatic rings. The third-order valence-corrected chi connectivity index (χ3v) is 7.53. The van der Waals surface area contributed by atoms with E-state index in [0.29, 0.717) is 13.0 Å². The van der Waals surface area contributed by atoms with E-state index in [-0.39, 0.29) is 5.91 Å². The van der Waals surface area contributed by atoms with E-state index in [1.807, 2.05) is 46.3 Å². The summed E-state index contributed by atoms with van der Waals surface area (Å²) in [5.41, 5.74) is 6.66. The SMILES string of the molecule is Cc1nn(CCC(=O)N2CCN(Cc3c(C)nn(-c4ccccc4)c3C)CC2)c(C)c1Br. The maximum atomic E-state index is 12.7. The number of para-hydroxylation sites is 1. The predicted octanol–water partition coefficient (Wildman–Crippen LogP) is 3.80. The van der Waals surface area contributed by atoms with Crippen LogP contribution in [0.2, 0.25) is 0 Å². The van der Waals surface area contributed by atoms with Crippen molar-refractivity contribution < 1.29 is 4.79 Å². The average molecular weight is 499 g/mol. The smallest absolute Gasteiger partial charge is 0.224 e. The second-order valence-corrected chi connectivity index (χ2v) is 9.30. The molecule has 0 aliphatic carbocycles. The summed E-state index contributed by atoms with van der Waals surface area (Å²) in [4.78, 5) is 17.2. The standard InChI is InChI=1S/C24H31BrN6O/c1-17-22(19(3)31(27-17)21-8-6-5-7-9-21)16-28-12-14-29(15-13-28)23(32)10-11-30-20(4)24(25)18(2)26-30/h5-9H,10-16H2,1-4H3. The monoisotopic (exact) mass is 498 g/mol. The average Bonchev–Trinajstić information content (AvgIpc) is 3.23. The Bertz CT molecular complexity index is 1100. The highest BCUT2D eigenvalue weighted by atomic mass is 79.9. The number of halogens is 1. The summed E-state index contributed by atoms with van der Waals surface area (Å²) in [6.07, 6.45) is 0.483. The number of rotatable bonds is 6. The minimum absolute atomic E-state index is 0.206. The third-order valence-electron chi connectivity index (χ3n) is 6.38. The molecule has 2 aromatic heterocycles. The molecular formula is C24H31BrN6O. The Labute approximate surface area is 198 Å². The highest BCUT2D eigenvalue weighted by Crippen LogP contribution is 2.21. The quantitative estimate of drug-likeness (QED) is 0.518. The molecule has 3 heterocycles. The van der Waals surface area contributed by atoms with Gasteiger partial charge in [-0.25, -0.2) is 4.68 Å². The third kappa shape index (κ3) is 4.66. The van der Waals surface area contributed by atoms with Gasteiger partial charge in [-0.1, -0.05) is 18.2 Å². The Morgan fingerprint density at radius 1 is 0.938 bits per heavy atom. The van der Waals surface area contributed by atoms with Gasteiger partial charge in [0.25, 0.3) is 0 Å². The summed E-state index contributed by atoms with van der Waals surface area (Å²) in [5, 5.41) is 9.28. The number of piperazine rings is 1. The number of amides is 1. The maximum Gasteiger partial charge on any atom is 0.224 e.